The van der Waals surface area contributed by atoms with Gasteiger partial charge in [0, 0.05) is 36.4 Å². The molecule has 0 aromatic heterocycles. The fraction of sp³-hybridized carbons (Fsp3) is 0.500. The summed E-state index contributed by atoms with van der Waals surface area (Å²) >= 11 is 0. The molecule has 0 radical (unpaired) electrons. The van der Waals surface area contributed by atoms with E-state index >= 15 is 0 Å². The van der Waals surface area contributed by atoms with Gasteiger partial charge in [-0.2, -0.15) is 0 Å². The van der Waals surface area contributed by atoms with E-state index in [1.165, 1.54) is 6.26 Å². The second-order valence-electron chi connectivity index (χ2n) is 8.86. The Morgan fingerprint density at radius 1 is 1.12 bits per heavy atom. The Kier molecular flexibility index (Phi) is 7.85. The van der Waals surface area contributed by atoms with Gasteiger partial charge in [0.2, 0.25) is 0 Å². The molecule has 1 aliphatic rings. The summed E-state index contributed by atoms with van der Waals surface area (Å²) in [7, 11) is -3.35. The van der Waals surface area contributed by atoms with E-state index in [-0.39, 0.29) is 22.3 Å². The number of nitrogens with two attached hydrogens (primary N) is 1. The number of sulfone groups is 1. The maximum absolute atomic E-state index is 12.7. The van der Waals surface area contributed by atoms with Gasteiger partial charge in [-0.1, -0.05) is 19.1 Å². The molecule has 0 saturated heterocycles. The van der Waals surface area contributed by atoms with Crippen LogP contribution in [0.25, 0.3) is 0 Å². The predicted octanol–water partition coefficient (Wildman–Crippen LogP) is 4.37. The standard InChI is InChI=1S/C26H36N2O4S/c1-5-26(15-8-16-27)18-23(22-17-21(33(4,30)31)13-14-24(22)32-26)19-9-11-20(12-10-19)25(29)28(6-2)7-3/h9-14,17,23H,5-8,15-16,18,27H2,1-4H3. The van der Waals surface area contributed by atoms with Gasteiger partial charge in [0.15, 0.2) is 9.84 Å². The van der Waals surface area contributed by atoms with Crippen LogP contribution in [0.4, 0.5) is 0 Å². The molecule has 33 heavy (non-hydrogen) atoms. The summed E-state index contributed by atoms with van der Waals surface area (Å²) in [5.41, 5.74) is 8.02. The van der Waals surface area contributed by atoms with Crippen molar-refractivity contribution in [3.05, 3.63) is 59.2 Å². The van der Waals surface area contributed by atoms with Crippen molar-refractivity contribution in [3.8, 4) is 5.75 Å². The fourth-order valence-electron chi connectivity index (χ4n) is 4.70. The van der Waals surface area contributed by atoms with E-state index in [0.29, 0.717) is 25.2 Å². The Morgan fingerprint density at radius 2 is 1.79 bits per heavy atom. The highest BCUT2D eigenvalue weighted by Crippen LogP contribution is 2.47. The third-order valence-electron chi connectivity index (χ3n) is 6.78. The first-order valence-electron chi connectivity index (χ1n) is 11.8. The highest BCUT2D eigenvalue weighted by atomic mass is 32.2. The van der Waals surface area contributed by atoms with Crippen molar-refractivity contribution in [2.24, 2.45) is 5.73 Å². The molecular formula is C26H36N2O4S. The Balaban J connectivity index is 2.05. The van der Waals surface area contributed by atoms with Crippen LogP contribution in [0, 0.1) is 0 Å². The lowest BCUT2D eigenvalue weighted by Gasteiger charge is -2.42. The second-order valence-corrected chi connectivity index (χ2v) is 10.9. The number of rotatable bonds is 9. The molecule has 2 aromatic rings. The number of hydrogen-bond donors (Lipinski definition) is 1. The third-order valence-corrected chi connectivity index (χ3v) is 7.89. The maximum atomic E-state index is 12.7. The van der Waals surface area contributed by atoms with Gasteiger partial charge in [-0.25, -0.2) is 8.42 Å². The lowest BCUT2D eigenvalue weighted by molar-refractivity contribution is 0.0261. The second kappa shape index (κ2) is 10.3. The highest BCUT2D eigenvalue weighted by molar-refractivity contribution is 7.90. The quantitative estimate of drug-likeness (QED) is 0.585. The van der Waals surface area contributed by atoms with Crippen molar-refractivity contribution in [1.29, 1.82) is 0 Å². The van der Waals surface area contributed by atoms with Crippen LogP contribution < -0.4 is 10.5 Å². The van der Waals surface area contributed by atoms with Gasteiger partial charge < -0.3 is 15.4 Å². The summed E-state index contributed by atoms with van der Waals surface area (Å²) in [5, 5.41) is 0. The molecular weight excluding hydrogens is 436 g/mol. The number of benzene rings is 2. The molecule has 0 bridgehead atoms. The van der Waals surface area contributed by atoms with Crippen LogP contribution in [-0.2, 0) is 9.84 Å². The van der Waals surface area contributed by atoms with Crippen LogP contribution in [0.5, 0.6) is 5.75 Å². The van der Waals surface area contributed by atoms with E-state index in [2.05, 4.69) is 6.92 Å². The first kappa shape index (κ1) is 25.2. The first-order valence-corrected chi connectivity index (χ1v) is 13.7. The van der Waals surface area contributed by atoms with Crippen molar-refractivity contribution in [2.75, 3.05) is 25.9 Å². The molecule has 0 saturated carbocycles. The van der Waals surface area contributed by atoms with Crippen LogP contribution in [0.1, 0.15) is 73.9 Å². The summed E-state index contributed by atoms with van der Waals surface area (Å²) in [5.74, 6) is 0.704. The van der Waals surface area contributed by atoms with Gasteiger partial charge in [0.25, 0.3) is 5.91 Å². The van der Waals surface area contributed by atoms with Crippen LogP contribution in [0.15, 0.2) is 47.4 Å². The van der Waals surface area contributed by atoms with E-state index in [1.807, 2.05) is 38.1 Å². The topological polar surface area (TPSA) is 89.7 Å². The molecule has 0 aliphatic carbocycles. The van der Waals surface area contributed by atoms with Gasteiger partial charge in [-0.05, 0) is 82.0 Å². The summed E-state index contributed by atoms with van der Waals surface area (Å²) in [6.45, 7) is 7.99. The molecule has 2 unspecified atom stereocenters. The molecule has 2 aromatic carbocycles. The summed E-state index contributed by atoms with van der Waals surface area (Å²) < 4.78 is 31.0. The van der Waals surface area contributed by atoms with Gasteiger partial charge in [0.1, 0.15) is 11.4 Å². The Hall–Kier alpha value is -2.38. The molecule has 0 spiro atoms. The van der Waals surface area contributed by atoms with E-state index in [0.717, 1.165) is 42.6 Å². The minimum atomic E-state index is -3.35. The highest BCUT2D eigenvalue weighted by Gasteiger charge is 2.40. The minimum absolute atomic E-state index is 0.0177. The normalized spacial score (nSPS) is 20.1. The van der Waals surface area contributed by atoms with Crippen molar-refractivity contribution < 1.29 is 17.9 Å². The molecule has 3 rings (SSSR count). The zero-order chi connectivity index (χ0) is 24.2. The van der Waals surface area contributed by atoms with E-state index in [4.69, 9.17) is 10.5 Å². The monoisotopic (exact) mass is 472 g/mol. The molecule has 7 heteroatoms. The maximum Gasteiger partial charge on any atom is 0.253 e. The number of amides is 1. The molecule has 0 fully saturated rings. The molecule has 2 atom stereocenters. The summed E-state index contributed by atoms with van der Waals surface area (Å²) in [6.07, 6.45) is 4.47. The van der Waals surface area contributed by atoms with Crippen LogP contribution in [0.3, 0.4) is 0 Å². The molecule has 6 nitrogen and oxygen atoms in total. The number of ether oxygens (including phenoxy) is 1. The SMILES string of the molecule is CCN(CC)C(=O)c1ccc(C2CC(CC)(CCCN)Oc3ccc(S(C)(=O)=O)cc32)cc1. The van der Waals surface area contributed by atoms with E-state index in [1.54, 1.807) is 23.1 Å². The van der Waals surface area contributed by atoms with Crippen molar-refractivity contribution in [2.45, 2.75) is 62.9 Å². The lowest BCUT2D eigenvalue weighted by atomic mass is 9.75. The average molecular weight is 473 g/mol. The van der Waals surface area contributed by atoms with Gasteiger partial charge >= 0.3 is 0 Å². The van der Waals surface area contributed by atoms with E-state index < -0.39 is 9.84 Å². The Labute approximate surface area is 198 Å². The van der Waals surface area contributed by atoms with Crippen LogP contribution >= 0.6 is 0 Å². The Bertz CT molecular complexity index is 1080. The number of nitrogens with zero attached hydrogens (tertiary/aromatic N) is 1. The molecule has 1 amide bonds. The third kappa shape index (κ3) is 5.41. The number of carbonyl (C=O) groups excluding carboxylic acids is 1. The molecule has 1 heterocycles. The van der Waals surface area contributed by atoms with E-state index in [9.17, 15) is 13.2 Å². The van der Waals surface area contributed by atoms with Crippen LogP contribution in [0.2, 0.25) is 0 Å². The predicted molar refractivity (Wildman–Crippen MR) is 132 cm³/mol. The average Bonchev–Trinajstić information content (AvgIpc) is 2.82. The van der Waals surface area contributed by atoms with Crippen molar-refractivity contribution in [1.82, 2.24) is 4.90 Å². The van der Waals surface area contributed by atoms with Gasteiger partial charge in [-0.3, -0.25) is 4.79 Å². The zero-order valence-corrected chi connectivity index (χ0v) is 21.0. The fourth-order valence-corrected chi connectivity index (χ4v) is 5.36. The Morgan fingerprint density at radius 3 is 2.33 bits per heavy atom. The first-order chi connectivity index (χ1) is 15.7. The molecule has 2 N–H and O–H groups in total. The van der Waals surface area contributed by atoms with Gasteiger partial charge in [-0.15, -0.1) is 0 Å². The molecule has 180 valence electrons. The largest absolute Gasteiger partial charge is 0.487 e. The number of fused-ring (bicyclic) bond motifs is 1. The van der Waals surface area contributed by atoms with Crippen molar-refractivity contribution >= 4 is 15.7 Å². The van der Waals surface area contributed by atoms with Crippen molar-refractivity contribution in [3.63, 3.8) is 0 Å². The number of carbonyl (C=O) groups is 1. The summed E-state index contributed by atoms with van der Waals surface area (Å²) in [6, 6.07) is 12.9. The minimum Gasteiger partial charge on any atom is -0.487 e. The smallest absolute Gasteiger partial charge is 0.253 e. The zero-order valence-electron chi connectivity index (χ0n) is 20.1. The lowest BCUT2D eigenvalue weighted by Crippen LogP contribution is -2.41. The van der Waals surface area contributed by atoms with Crippen LogP contribution in [-0.4, -0.2) is 50.7 Å². The van der Waals surface area contributed by atoms with Gasteiger partial charge in [0.05, 0.1) is 4.90 Å². The number of hydrogen-bond acceptors (Lipinski definition) is 5. The molecule has 1 aliphatic heterocycles. The summed E-state index contributed by atoms with van der Waals surface area (Å²) in [4.78, 5) is 14.8.